The maximum absolute atomic E-state index is 13.2. The van der Waals surface area contributed by atoms with Crippen LogP contribution in [0, 0.1) is 12.3 Å². The molecule has 8 heteroatoms. The third-order valence-electron chi connectivity index (χ3n) is 4.48. The molecule has 158 valence electrons. The van der Waals surface area contributed by atoms with Crippen molar-refractivity contribution >= 4 is 22.9 Å². The summed E-state index contributed by atoms with van der Waals surface area (Å²) in [6.07, 6.45) is 5.03. The molecule has 0 unspecified atom stereocenters. The van der Waals surface area contributed by atoms with E-state index in [1.165, 1.54) is 0 Å². The predicted molar refractivity (Wildman–Crippen MR) is 115 cm³/mol. The Hall–Kier alpha value is -4.12. The van der Waals surface area contributed by atoms with Gasteiger partial charge in [0, 0.05) is 12.1 Å². The van der Waals surface area contributed by atoms with Crippen LogP contribution in [-0.4, -0.2) is 41.7 Å². The lowest BCUT2D eigenvalue weighted by molar-refractivity contribution is -0.148. The Labute approximate surface area is 178 Å². The molecule has 0 saturated carbocycles. The largest absolute Gasteiger partial charge is 0.497 e. The van der Waals surface area contributed by atoms with Gasteiger partial charge >= 0.3 is 5.97 Å². The monoisotopic (exact) mass is 419 g/mol. The Bertz CT molecular complexity index is 1190. The number of benzene rings is 2. The highest BCUT2D eigenvalue weighted by atomic mass is 16.5. The van der Waals surface area contributed by atoms with Gasteiger partial charge in [0.05, 0.1) is 31.1 Å². The van der Waals surface area contributed by atoms with Crippen LogP contribution in [0.4, 0.5) is 0 Å². The SMILES string of the molecule is C#CCNC(=O)COC(=O)CCc1nc2ccccc2n(-c2ccc(OC)cc2)c1=O. The normalized spacial score (nSPS) is 10.3. The molecule has 0 bridgehead atoms. The Morgan fingerprint density at radius 2 is 1.90 bits per heavy atom. The van der Waals surface area contributed by atoms with E-state index < -0.39 is 18.5 Å². The molecule has 2 aromatic carbocycles. The fraction of sp³-hybridized carbons (Fsp3) is 0.217. The smallest absolute Gasteiger partial charge is 0.306 e. The molecule has 1 N–H and O–H groups in total. The minimum Gasteiger partial charge on any atom is -0.497 e. The number of fused-ring (bicyclic) bond motifs is 1. The van der Waals surface area contributed by atoms with Gasteiger partial charge < -0.3 is 14.8 Å². The van der Waals surface area contributed by atoms with Gasteiger partial charge in [-0.3, -0.25) is 19.0 Å². The van der Waals surface area contributed by atoms with Gasteiger partial charge in [0.25, 0.3) is 11.5 Å². The molecule has 0 fully saturated rings. The van der Waals surface area contributed by atoms with Crippen LogP contribution in [-0.2, 0) is 20.7 Å². The van der Waals surface area contributed by atoms with Crippen molar-refractivity contribution in [3.8, 4) is 23.8 Å². The van der Waals surface area contributed by atoms with Crippen LogP contribution in [0.25, 0.3) is 16.7 Å². The zero-order valence-corrected chi connectivity index (χ0v) is 17.0. The Morgan fingerprint density at radius 3 is 2.61 bits per heavy atom. The molecule has 1 aromatic heterocycles. The lowest BCUT2D eigenvalue weighted by atomic mass is 10.2. The minimum absolute atomic E-state index is 0.0578. The Balaban J connectivity index is 1.82. The number of ether oxygens (including phenoxy) is 2. The second-order valence-corrected chi connectivity index (χ2v) is 6.53. The van der Waals surface area contributed by atoms with E-state index in [0.29, 0.717) is 22.5 Å². The standard InChI is InChI=1S/C23H21N3O5/c1-3-14-24-21(27)15-31-22(28)13-12-19-23(29)26(16-8-10-17(30-2)11-9-16)20-7-5-4-6-18(20)25-19/h1,4-11H,12-15H2,2H3,(H,24,27). The lowest BCUT2D eigenvalue weighted by Gasteiger charge is -2.13. The third-order valence-corrected chi connectivity index (χ3v) is 4.48. The summed E-state index contributed by atoms with van der Waals surface area (Å²) in [6.45, 7) is -0.371. The highest BCUT2D eigenvalue weighted by molar-refractivity contribution is 5.81. The van der Waals surface area contributed by atoms with Crippen LogP contribution in [0.2, 0.25) is 0 Å². The molecule has 0 radical (unpaired) electrons. The number of hydrogen-bond acceptors (Lipinski definition) is 6. The number of nitrogens with one attached hydrogen (secondary N) is 1. The fourth-order valence-corrected chi connectivity index (χ4v) is 2.97. The number of amides is 1. The van der Waals surface area contributed by atoms with E-state index in [1.54, 1.807) is 48.1 Å². The van der Waals surface area contributed by atoms with E-state index >= 15 is 0 Å². The Morgan fingerprint density at radius 1 is 1.16 bits per heavy atom. The summed E-state index contributed by atoms with van der Waals surface area (Å²) in [7, 11) is 1.57. The van der Waals surface area contributed by atoms with E-state index in [0.717, 1.165) is 0 Å². The Kier molecular flexibility index (Phi) is 7.01. The molecular formula is C23H21N3O5. The molecule has 0 aliphatic heterocycles. The number of nitrogens with zero attached hydrogens (tertiary/aromatic N) is 2. The molecule has 0 saturated heterocycles. The molecular weight excluding hydrogens is 398 g/mol. The van der Waals surface area contributed by atoms with Gasteiger partial charge in [-0.25, -0.2) is 4.98 Å². The maximum atomic E-state index is 13.2. The van der Waals surface area contributed by atoms with Crippen LogP contribution in [0.15, 0.2) is 53.3 Å². The molecule has 0 aliphatic rings. The van der Waals surface area contributed by atoms with E-state index in [2.05, 4.69) is 16.2 Å². The first-order valence-corrected chi connectivity index (χ1v) is 9.54. The van der Waals surface area contributed by atoms with Gasteiger partial charge in [0.2, 0.25) is 0 Å². The van der Waals surface area contributed by atoms with E-state index in [-0.39, 0.29) is 30.6 Å². The highest BCUT2D eigenvalue weighted by Gasteiger charge is 2.15. The first-order valence-electron chi connectivity index (χ1n) is 9.54. The number of aromatic nitrogens is 2. The predicted octanol–water partition coefficient (Wildman–Crippen LogP) is 1.62. The zero-order chi connectivity index (χ0) is 22.2. The first-order chi connectivity index (χ1) is 15.0. The van der Waals surface area contributed by atoms with Crippen LogP contribution >= 0.6 is 0 Å². The van der Waals surface area contributed by atoms with E-state index in [9.17, 15) is 14.4 Å². The summed E-state index contributed by atoms with van der Waals surface area (Å²) in [5.74, 6) is 1.83. The highest BCUT2D eigenvalue weighted by Crippen LogP contribution is 2.19. The number of methoxy groups -OCH3 is 1. The average Bonchev–Trinajstić information content (AvgIpc) is 2.80. The van der Waals surface area contributed by atoms with Gasteiger partial charge in [-0.2, -0.15) is 0 Å². The summed E-state index contributed by atoms with van der Waals surface area (Å²) in [5.41, 5.74) is 1.81. The first kappa shape index (κ1) is 21.6. The number of carbonyl (C=O) groups excluding carboxylic acids is 2. The summed E-state index contributed by atoms with van der Waals surface area (Å²) < 4.78 is 11.7. The van der Waals surface area contributed by atoms with Crippen molar-refractivity contribution in [2.45, 2.75) is 12.8 Å². The number of carbonyl (C=O) groups is 2. The summed E-state index contributed by atoms with van der Waals surface area (Å²) >= 11 is 0. The molecule has 3 aromatic rings. The van der Waals surface area contributed by atoms with Crippen LogP contribution < -0.4 is 15.6 Å². The summed E-state index contributed by atoms with van der Waals surface area (Å²) in [5, 5.41) is 2.40. The average molecular weight is 419 g/mol. The van der Waals surface area contributed by atoms with Crippen molar-refractivity contribution in [2.24, 2.45) is 0 Å². The number of aryl methyl sites for hydroxylation is 1. The molecule has 1 heterocycles. The van der Waals surface area contributed by atoms with E-state index in [4.69, 9.17) is 15.9 Å². The van der Waals surface area contributed by atoms with Gasteiger partial charge in [-0.1, -0.05) is 18.1 Å². The number of para-hydroxylation sites is 2. The van der Waals surface area contributed by atoms with Crippen molar-refractivity contribution in [3.63, 3.8) is 0 Å². The minimum atomic E-state index is -0.610. The molecule has 31 heavy (non-hydrogen) atoms. The van der Waals surface area contributed by atoms with Gasteiger partial charge in [0.15, 0.2) is 6.61 Å². The number of terminal acetylenes is 1. The zero-order valence-electron chi connectivity index (χ0n) is 17.0. The summed E-state index contributed by atoms with van der Waals surface area (Å²) in [4.78, 5) is 41.1. The molecule has 0 aliphatic carbocycles. The van der Waals surface area contributed by atoms with Crippen molar-refractivity contribution in [3.05, 3.63) is 64.6 Å². The summed E-state index contributed by atoms with van der Waals surface area (Å²) in [6, 6.07) is 14.3. The topological polar surface area (TPSA) is 99.5 Å². The van der Waals surface area contributed by atoms with Gasteiger partial charge in [0.1, 0.15) is 11.4 Å². The second-order valence-electron chi connectivity index (χ2n) is 6.53. The number of rotatable bonds is 8. The molecule has 0 atom stereocenters. The second kappa shape index (κ2) is 10.1. The molecule has 8 nitrogen and oxygen atoms in total. The molecule has 1 amide bonds. The quantitative estimate of drug-likeness (QED) is 0.440. The third kappa shape index (κ3) is 5.28. The van der Waals surface area contributed by atoms with Crippen LogP contribution in [0.1, 0.15) is 12.1 Å². The van der Waals surface area contributed by atoms with Gasteiger partial charge in [-0.15, -0.1) is 6.42 Å². The number of hydrogen-bond donors (Lipinski definition) is 1. The lowest BCUT2D eigenvalue weighted by Crippen LogP contribution is -2.29. The van der Waals surface area contributed by atoms with Crippen LogP contribution in [0.5, 0.6) is 5.75 Å². The van der Waals surface area contributed by atoms with Gasteiger partial charge in [-0.05, 0) is 36.4 Å². The molecule has 0 spiro atoms. The fourth-order valence-electron chi connectivity index (χ4n) is 2.97. The van der Waals surface area contributed by atoms with Crippen molar-refractivity contribution in [2.75, 3.05) is 20.3 Å². The van der Waals surface area contributed by atoms with Crippen LogP contribution in [0.3, 0.4) is 0 Å². The van der Waals surface area contributed by atoms with Crippen molar-refractivity contribution in [1.82, 2.24) is 14.9 Å². The maximum Gasteiger partial charge on any atom is 0.306 e. The van der Waals surface area contributed by atoms with Crippen molar-refractivity contribution < 1.29 is 19.1 Å². The number of esters is 1. The van der Waals surface area contributed by atoms with E-state index in [1.807, 2.05) is 12.1 Å². The van der Waals surface area contributed by atoms with Crippen molar-refractivity contribution in [1.29, 1.82) is 0 Å². The molecule has 3 rings (SSSR count).